The molecule has 0 heterocycles. The average molecular weight is 759 g/mol. The van der Waals surface area contributed by atoms with Crippen LogP contribution in [0.3, 0.4) is 0 Å². The van der Waals surface area contributed by atoms with Crippen LogP contribution < -0.4 is 0 Å². The Morgan fingerprint density at radius 2 is 1.07 bits per heavy atom. The molecule has 0 spiro atoms. The van der Waals surface area contributed by atoms with Crippen LogP contribution in [-0.4, -0.2) is 47.6 Å². The minimum absolute atomic E-state index is 0.0987. The Morgan fingerprint density at radius 1 is 0.574 bits per heavy atom. The number of hydrogen-bond acceptors (Lipinski definition) is 6. The van der Waals surface area contributed by atoms with Crippen molar-refractivity contribution in [2.75, 3.05) is 13.2 Å². The molecule has 0 aromatic carbocycles. The molecule has 2 N–H and O–H groups in total. The third-order valence-electron chi connectivity index (χ3n) is 10.3. The molecule has 1 unspecified atom stereocenters. The summed E-state index contributed by atoms with van der Waals surface area (Å²) in [6, 6.07) is 0. The molecule has 0 saturated carbocycles. The van der Waals surface area contributed by atoms with Gasteiger partial charge in [-0.05, 0) is 44.4 Å². The zero-order valence-electron chi connectivity index (χ0n) is 35.5. The van der Waals surface area contributed by atoms with Crippen LogP contribution in [-0.2, 0) is 19.1 Å². The summed E-state index contributed by atoms with van der Waals surface area (Å²) in [6.07, 6.45) is 49.4. The number of aliphatic hydroxyl groups is 2. The molecule has 0 rings (SSSR count). The van der Waals surface area contributed by atoms with E-state index in [4.69, 9.17) is 9.47 Å². The van der Waals surface area contributed by atoms with E-state index in [9.17, 15) is 19.8 Å². The second-order valence-electron chi connectivity index (χ2n) is 15.6. The Labute approximate surface area is 333 Å². The number of hydrogen-bond donors (Lipinski definition) is 2. The molecular formula is C48H86O6. The lowest BCUT2D eigenvalue weighted by Crippen LogP contribution is -2.28. The van der Waals surface area contributed by atoms with Crippen molar-refractivity contribution in [1.29, 1.82) is 0 Å². The van der Waals surface area contributed by atoms with Crippen molar-refractivity contribution in [3.63, 3.8) is 0 Å². The van der Waals surface area contributed by atoms with Crippen LogP contribution >= 0.6 is 0 Å². The van der Waals surface area contributed by atoms with E-state index >= 15 is 0 Å². The van der Waals surface area contributed by atoms with E-state index in [0.29, 0.717) is 12.8 Å². The van der Waals surface area contributed by atoms with E-state index in [1.165, 1.54) is 116 Å². The number of allylic oxidation sites excluding steroid dienone is 7. The maximum Gasteiger partial charge on any atom is 0.306 e. The van der Waals surface area contributed by atoms with E-state index in [0.717, 1.165) is 63.7 Å². The number of aliphatic hydroxyl groups excluding tert-OH is 2. The minimum atomic E-state index is -0.813. The number of rotatable bonds is 40. The number of esters is 2. The molecule has 0 bridgehead atoms. The highest BCUT2D eigenvalue weighted by atomic mass is 16.6. The highest BCUT2D eigenvalue weighted by molar-refractivity contribution is 5.70. The first kappa shape index (κ1) is 51.8. The zero-order chi connectivity index (χ0) is 39.6. The van der Waals surface area contributed by atoms with Crippen molar-refractivity contribution >= 4 is 11.9 Å². The Balaban J connectivity index is 3.61. The average Bonchev–Trinajstić information content (AvgIpc) is 3.17. The first-order valence-electron chi connectivity index (χ1n) is 22.7. The third-order valence-corrected chi connectivity index (χ3v) is 10.3. The van der Waals surface area contributed by atoms with Crippen molar-refractivity contribution in [3.05, 3.63) is 48.6 Å². The molecular weight excluding hydrogens is 673 g/mol. The van der Waals surface area contributed by atoms with Crippen molar-refractivity contribution in [2.24, 2.45) is 5.92 Å². The van der Waals surface area contributed by atoms with E-state index in [2.05, 4.69) is 51.2 Å². The molecule has 314 valence electrons. The van der Waals surface area contributed by atoms with Gasteiger partial charge in [-0.25, -0.2) is 0 Å². The normalized spacial score (nSPS) is 13.8. The lowest BCUT2D eigenvalue weighted by Gasteiger charge is -2.15. The van der Waals surface area contributed by atoms with Gasteiger partial charge in [0.1, 0.15) is 6.61 Å². The fraction of sp³-hybridized carbons (Fsp3) is 0.792. The Hall–Kier alpha value is -2.18. The minimum Gasteiger partial charge on any atom is -0.462 e. The first-order chi connectivity index (χ1) is 26.4. The van der Waals surface area contributed by atoms with Gasteiger partial charge in [0.05, 0.1) is 12.7 Å². The predicted octanol–water partition coefficient (Wildman–Crippen LogP) is 13.4. The van der Waals surface area contributed by atoms with E-state index in [-0.39, 0.29) is 37.7 Å². The largest absolute Gasteiger partial charge is 0.462 e. The maximum absolute atomic E-state index is 12.2. The molecule has 0 aliphatic carbocycles. The van der Waals surface area contributed by atoms with Crippen molar-refractivity contribution in [2.45, 2.75) is 226 Å². The van der Waals surface area contributed by atoms with Gasteiger partial charge in [0.2, 0.25) is 0 Å². The lowest BCUT2D eigenvalue weighted by molar-refractivity contribution is -0.161. The van der Waals surface area contributed by atoms with Gasteiger partial charge < -0.3 is 19.7 Å². The summed E-state index contributed by atoms with van der Waals surface area (Å²) in [4.78, 5) is 24.3. The Bertz CT molecular complexity index is 937. The zero-order valence-corrected chi connectivity index (χ0v) is 35.5. The van der Waals surface area contributed by atoms with Crippen LogP contribution in [0.2, 0.25) is 0 Å². The van der Waals surface area contributed by atoms with Crippen molar-refractivity contribution in [3.8, 4) is 0 Å². The first-order valence-corrected chi connectivity index (χ1v) is 22.7. The van der Waals surface area contributed by atoms with Gasteiger partial charge in [0.25, 0.3) is 0 Å². The molecule has 54 heavy (non-hydrogen) atoms. The van der Waals surface area contributed by atoms with Gasteiger partial charge in [0, 0.05) is 12.8 Å². The van der Waals surface area contributed by atoms with Crippen LogP contribution in [0.1, 0.15) is 213 Å². The topological polar surface area (TPSA) is 93.1 Å². The van der Waals surface area contributed by atoms with Gasteiger partial charge in [-0.15, -0.1) is 0 Å². The monoisotopic (exact) mass is 759 g/mol. The Morgan fingerprint density at radius 3 is 1.63 bits per heavy atom. The molecule has 0 aromatic rings. The van der Waals surface area contributed by atoms with Gasteiger partial charge in [-0.2, -0.15) is 0 Å². The second kappa shape index (κ2) is 42.0. The molecule has 3 atom stereocenters. The fourth-order valence-electron chi connectivity index (χ4n) is 6.40. The standard InChI is InChI=1S/C48H86O6/c1-4-6-32-38-45(50)39-34-29-25-21-17-15-19-23-27-31-36-41-48(52)54-46(42-49)43-53-47(51)40-35-30-26-22-18-14-12-10-8-7-9-11-13-16-20-24-28-33-37-44(3)5-2/h15,17,23,25,27,29,34,39,44-46,49-50H,4-14,16,18-22,24,26,28,30-33,35-38,40-43H2,1-3H3/b17-15-,27-23-,29-25-,39-34+/t44?,45-,46-/m0/s1. The molecule has 6 nitrogen and oxygen atoms in total. The molecule has 0 fully saturated rings. The van der Waals surface area contributed by atoms with Gasteiger partial charge >= 0.3 is 11.9 Å². The van der Waals surface area contributed by atoms with Gasteiger partial charge in [0.15, 0.2) is 6.10 Å². The maximum atomic E-state index is 12.2. The van der Waals surface area contributed by atoms with Gasteiger partial charge in [-0.1, -0.05) is 211 Å². The Kier molecular flexibility index (Phi) is 40.3. The summed E-state index contributed by atoms with van der Waals surface area (Å²) < 4.78 is 10.6. The van der Waals surface area contributed by atoms with E-state index < -0.39 is 6.10 Å². The molecule has 0 aliphatic heterocycles. The van der Waals surface area contributed by atoms with Crippen LogP contribution in [0, 0.1) is 5.92 Å². The van der Waals surface area contributed by atoms with Crippen LogP contribution in [0.25, 0.3) is 0 Å². The molecule has 0 saturated heterocycles. The highest BCUT2D eigenvalue weighted by Crippen LogP contribution is 2.17. The summed E-state index contributed by atoms with van der Waals surface area (Å²) in [5.41, 5.74) is 0. The fourth-order valence-corrected chi connectivity index (χ4v) is 6.40. The van der Waals surface area contributed by atoms with E-state index in [1.54, 1.807) is 0 Å². The highest BCUT2D eigenvalue weighted by Gasteiger charge is 2.16. The summed E-state index contributed by atoms with van der Waals surface area (Å²) in [7, 11) is 0. The number of carbonyl (C=O) groups is 2. The van der Waals surface area contributed by atoms with Crippen molar-refractivity contribution < 1.29 is 29.3 Å². The lowest BCUT2D eigenvalue weighted by atomic mass is 9.99. The molecule has 0 amide bonds. The molecule has 6 heteroatoms. The van der Waals surface area contributed by atoms with Crippen molar-refractivity contribution in [1.82, 2.24) is 0 Å². The SMILES string of the molecule is CCCCC[C@H](O)/C=C/C=C\C/C=C\C/C=C\CCCC(=O)O[C@@H](CO)COC(=O)CCCCCCCCCCCCCCCCCCCCC(C)CC. The van der Waals surface area contributed by atoms with Crippen LogP contribution in [0.4, 0.5) is 0 Å². The third kappa shape index (κ3) is 39.5. The summed E-state index contributed by atoms with van der Waals surface area (Å²) in [5.74, 6) is 0.232. The summed E-state index contributed by atoms with van der Waals surface area (Å²) in [6.45, 7) is 6.38. The summed E-state index contributed by atoms with van der Waals surface area (Å²) in [5, 5.41) is 19.4. The second-order valence-corrected chi connectivity index (χ2v) is 15.6. The predicted molar refractivity (Wildman–Crippen MR) is 230 cm³/mol. The van der Waals surface area contributed by atoms with Gasteiger partial charge in [-0.3, -0.25) is 9.59 Å². The molecule has 0 aliphatic rings. The number of unbranched alkanes of at least 4 members (excludes halogenated alkanes) is 20. The number of ether oxygens (including phenoxy) is 2. The summed E-state index contributed by atoms with van der Waals surface area (Å²) >= 11 is 0. The quantitative estimate of drug-likeness (QED) is 0.0280. The van der Waals surface area contributed by atoms with Crippen LogP contribution in [0.15, 0.2) is 48.6 Å². The van der Waals surface area contributed by atoms with E-state index in [1.807, 2.05) is 18.2 Å². The van der Waals surface area contributed by atoms with Crippen LogP contribution in [0.5, 0.6) is 0 Å². The number of carbonyl (C=O) groups excluding carboxylic acids is 2. The smallest absolute Gasteiger partial charge is 0.306 e. The molecule has 0 aromatic heterocycles. The molecule has 0 radical (unpaired) electrons.